The first-order chi connectivity index (χ1) is 17.7. The SMILES string of the molecule is Cc1c(CN2CC3(CCOCC3)C2)cc2c(N3CCOCC3)nc(-c3cnc(N)cc3C(F)(F)F)nn12. The number of aromatic nitrogens is 4. The highest BCUT2D eigenvalue weighted by Gasteiger charge is 2.43. The van der Waals surface area contributed by atoms with E-state index in [1.165, 1.54) is 0 Å². The quantitative estimate of drug-likeness (QED) is 0.564. The van der Waals surface area contributed by atoms with Gasteiger partial charge in [-0.25, -0.2) is 14.5 Å². The molecule has 6 rings (SSSR count). The number of aryl methyl sites for hydroxylation is 1. The minimum atomic E-state index is -4.63. The molecule has 0 aliphatic carbocycles. The number of alkyl halides is 3. The molecule has 3 aliphatic rings. The number of rotatable bonds is 4. The number of pyridine rings is 1. The van der Waals surface area contributed by atoms with Crippen molar-refractivity contribution in [1.82, 2.24) is 24.5 Å². The van der Waals surface area contributed by atoms with Crippen LogP contribution in [0.25, 0.3) is 16.9 Å². The second-order valence-corrected chi connectivity index (χ2v) is 10.3. The molecule has 198 valence electrons. The Bertz CT molecular complexity index is 1310. The van der Waals surface area contributed by atoms with Crippen molar-refractivity contribution in [2.75, 3.05) is 63.2 Å². The maximum Gasteiger partial charge on any atom is 0.417 e. The van der Waals surface area contributed by atoms with E-state index in [1.807, 2.05) is 11.8 Å². The first-order valence-electron chi connectivity index (χ1n) is 12.6. The normalized spacial score (nSPS) is 20.5. The van der Waals surface area contributed by atoms with E-state index in [-0.39, 0.29) is 17.2 Å². The van der Waals surface area contributed by atoms with E-state index in [4.69, 9.17) is 15.2 Å². The van der Waals surface area contributed by atoms with Crippen molar-refractivity contribution < 1.29 is 22.6 Å². The second kappa shape index (κ2) is 9.10. The summed E-state index contributed by atoms with van der Waals surface area (Å²) in [6.07, 6.45) is -1.34. The van der Waals surface area contributed by atoms with Gasteiger partial charge in [-0.05, 0) is 37.5 Å². The highest BCUT2D eigenvalue weighted by atomic mass is 19.4. The van der Waals surface area contributed by atoms with Crippen LogP contribution in [-0.2, 0) is 22.2 Å². The van der Waals surface area contributed by atoms with Crippen LogP contribution < -0.4 is 10.6 Å². The predicted octanol–water partition coefficient (Wildman–Crippen LogP) is 3.15. The molecule has 3 aliphatic heterocycles. The van der Waals surface area contributed by atoms with E-state index >= 15 is 0 Å². The summed E-state index contributed by atoms with van der Waals surface area (Å²) >= 11 is 0. The lowest BCUT2D eigenvalue weighted by atomic mass is 9.73. The fourth-order valence-electron chi connectivity index (χ4n) is 5.75. The molecule has 6 heterocycles. The fourth-order valence-corrected chi connectivity index (χ4v) is 5.75. The Hall–Kier alpha value is -2.96. The molecule has 0 atom stereocenters. The van der Waals surface area contributed by atoms with Crippen LogP contribution in [0.1, 0.15) is 29.7 Å². The Morgan fingerprint density at radius 3 is 2.46 bits per heavy atom. The third-order valence-corrected chi connectivity index (χ3v) is 7.80. The smallest absolute Gasteiger partial charge is 0.384 e. The Labute approximate surface area is 212 Å². The van der Waals surface area contributed by atoms with Gasteiger partial charge in [-0.3, -0.25) is 4.90 Å². The lowest BCUT2D eigenvalue weighted by Crippen LogP contribution is -2.57. The van der Waals surface area contributed by atoms with Crippen molar-refractivity contribution in [3.8, 4) is 11.4 Å². The summed E-state index contributed by atoms with van der Waals surface area (Å²) in [5.74, 6) is 0.350. The number of ether oxygens (including phenoxy) is 2. The fraction of sp³-hybridized carbons (Fsp3) is 0.560. The van der Waals surface area contributed by atoms with Gasteiger partial charge < -0.3 is 20.1 Å². The predicted molar refractivity (Wildman–Crippen MR) is 131 cm³/mol. The Balaban J connectivity index is 1.41. The van der Waals surface area contributed by atoms with Crippen molar-refractivity contribution >= 4 is 17.2 Å². The van der Waals surface area contributed by atoms with Gasteiger partial charge in [0.05, 0.1) is 24.3 Å². The molecule has 0 aromatic carbocycles. The van der Waals surface area contributed by atoms with Crippen LogP contribution >= 0.6 is 0 Å². The molecule has 37 heavy (non-hydrogen) atoms. The largest absolute Gasteiger partial charge is 0.417 e. The number of likely N-dealkylation sites (tertiary alicyclic amines) is 1. The van der Waals surface area contributed by atoms with Gasteiger partial charge in [0.2, 0.25) is 0 Å². The van der Waals surface area contributed by atoms with Crippen molar-refractivity contribution in [3.63, 3.8) is 0 Å². The zero-order valence-corrected chi connectivity index (χ0v) is 20.7. The highest BCUT2D eigenvalue weighted by molar-refractivity contribution is 5.74. The molecule has 0 unspecified atom stereocenters. The van der Waals surface area contributed by atoms with E-state index in [2.05, 4.69) is 26.0 Å². The van der Waals surface area contributed by atoms with Crippen molar-refractivity contribution in [3.05, 3.63) is 35.2 Å². The molecule has 0 radical (unpaired) electrons. The van der Waals surface area contributed by atoms with Crippen molar-refractivity contribution in [1.29, 1.82) is 0 Å². The van der Waals surface area contributed by atoms with E-state index in [9.17, 15) is 13.2 Å². The molecule has 9 nitrogen and oxygen atoms in total. The van der Waals surface area contributed by atoms with Crippen LogP contribution in [0, 0.1) is 12.3 Å². The number of nitrogens with zero attached hydrogens (tertiary/aromatic N) is 6. The van der Waals surface area contributed by atoms with Gasteiger partial charge in [-0.1, -0.05) is 0 Å². The van der Waals surface area contributed by atoms with E-state index in [1.54, 1.807) is 4.52 Å². The van der Waals surface area contributed by atoms with Gasteiger partial charge >= 0.3 is 6.18 Å². The van der Waals surface area contributed by atoms with E-state index in [0.29, 0.717) is 37.5 Å². The standard InChI is InChI=1S/C25H30F3N7O2/c1-16-17(13-33-14-24(15-33)2-6-36-7-3-24)10-20-23(34-4-8-37-9-5-34)31-22(32-35(16)20)18-12-30-21(29)11-19(18)25(26,27)28/h10-12H,2-9,13-15H2,1H3,(H2,29,30). The minimum absolute atomic E-state index is 0.0378. The van der Waals surface area contributed by atoms with Gasteiger partial charge in [0.15, 0.2) is 11.6 Å². The summed E-state index contributed by atoms with van der Waals surface area (Å²) in [5, 5.41) is 4.59. The van der Waals surface area contributed by atoms with Crippen LogP contribution in [0.4, 0.5) is 24.8 Å². The topological polar surface area (TPSA) is 94.0 Å². The first kappa shape index (κ1) is 24.4. The minimum Gasteiger partial charge on any atom is -0.384 e. The number of nitrogens with two attached hydrogens (primary N) is 1. The number of halogens is 3. The van der Waals surface area contributed by atoms with Gasteiger partial charge in [0.25, 0.3) is 0 Å². The molecule has 3 fully saturated rings. The molecule has 3 aromatic heterocycles. The van der Waals surface area contributed by atoms with Gasteiger partial charge in [-0.15, -0.1) is 5.10 Å². The van der Waals surface area contributed by atoms with Gasteiger partial charge in [-0.2, -0.15) is 13.2 Å². The Morgan fingerprint density at radius 1 is 1.05 bits per heavy atom. The molecule has 0 amide bonds. The number of morpholine rings is 1. The first-order valence-corrected chi connectivity index (χ1v) is 12.6. The lowest BCUT2D eigenvalue weighted by Gasteiger charge is -2.52. The molecule has 1 spiro atoms. The van der Waals surface area contributed by atoms with Crippen LogP contribution in [0.3, 0.4) is 0 Å². The molecule has 3 aromatic rings. The summed E-state index contributed by atoms with van der Waals surface area (Å²) in [5.41, 5.74) is 7.60. The number of anilines is 2. The Kier molecular flexibility index (Phi) is 6.00. The van der Waals surface area contributed by atoms with Gasteiger partial charge in [0.1, 0.15) is 11.3 Å². The van der Waals surface area contributed by atoms with Crippen LogP contribution in [-0.4, -0.2) is 77.1 Å². The molecular weight excluding hydrogens is 487 g/mol. The maximum atomic E-state index is 13.9. The second-order valence-electron chi connectivity index (χ2n) is 10.3. The number of fused-ring (bicyclic) bond motifs is 1. The highest BCUT2D eigenvalue weighted by Crippen LogP contribution is 2.41. The average Bonchev–Trinajstić information content (AvgIpc) is 3.18. The molecule has 3 saturated heterocycles. The summed E-state index contributed by atoms with van der Waals surface area (Å²) in [7, 11) is 0. The maximum absolute atomic E-state index is 13.9. The third kappa shape index (κ3) is 4.51. The van der Waals surface area contributed by atoms with Crippen molar-refractivity contribution in [2.24, 2.45) is 5.41 Å². The molecule has 2 N–H and O–H groups in total. The molecular formula is C25H30F3N7O2. The Morgan fingerprint density at radius 2 is 1.76 bits per heavy atom. The summed E-state index contributed by atoms with van der Waals surface area (Å²) in [4.78, 5) is 13.0. The van der Waals surface area contributed by atoms with E-state index in [0.717, 1.165) is 74.7 Å². The summed E-state index contributed by atoms with van der Waals surface area (Å²) < 4.78 is 54.5. The third-order valence-electron chi connectivity index (χ3n) is 7.80. The van der Waals surface area contributed by atoms with Crippen LogP contribution in [0.2, 0.25) is 0 Å². The molecule has 12 heteroatoms. The molecule has 0 bridgehead atoms. The van der Waals surface area contributed by atoms with Gasteiger partial charge in [0, 0.05) is 63.2 Å². The number of nitrogen functional groups attached to an aromatic ring is 1. The summed E-state index contributed by atoms with van der Waals surface area (Å²) in [6.45, 7) is 8.65. The monoisotopic (exact) mass is 517 g/mol. The average molecular weight is 518 g/mol. The van der Waals surface area contributed by atoms with Crippen LogP contribution in [0.15, 0.2) is 18.3 Å². The number of hydrogen-bond acceptors (Lipinski definition) is 8. The van der Waals surface area contributed by atoms with Crippen LogP contribution in [0.5, 0.6) is 0 Å². The van der Waals surface area contributed by atoms with Crippen molar-refractivity contribution in [2.45, 2.75) is 32.5 Å². The summed E-state index contributed by atoms with van der Waals surface area (Å²) in [6, 6.07) is 2.91. The zero-order valence-electron chi connectivity index (χ0n) is 20.7. The van der Waals surface area contributed by atoms with E-state index < -0.39 is 11.7 Å². The number of hydrogen-bond donors (Lipinski definition) is 1. The lowest BCUT2D eigenvalue weighted by molar-refractivity contribution is -0.137. The zero-order chi connectivity index (χ0) is 25.8. The molecule has 0 saturated carbocycles.